The zero-order chi connectivity index (χ0) is 14.5. The highest BCUT2D eigenvalue weighted by atomic mass is 19.4. The van der Waals surface area contributed by atoms with E-state index in [0.29, 0.717) is 19.0 Å². The number of likely N-dealkylation sites (tertiary alicyclic amines) is 1. The van der Waals surface area contributed by atoms with Crippen LogP contribution in [0.3, 0.4) is 0 Å². The summed E-state index contributed by atoms with van der Waals surface area (Å²) in [5, 5.41) is 0. The van der Waals surface area contributed by atoms with E-state index in [4.69, 9.17) is 5.73 Å². The molecular weight excluding hydrogens is 253 g/mol. The van der Waals surface area contributed by atoms with Crippen LogP contribution in [0.1, 0.15) is 46.0 Å². The number of piperidine rings is 1. The van der Waals surface area contributed by atoms with E-state index in [-0.39, 0.29) is 18.9 Å². The monoisotopic (exact) mass is 280 g/mol. The van der Waals surface area contributed by atoms with Crippen LogP contribution in [0.2, 0.25) is 0 Å². The fourth-order valence-corrected chi connectivity index (χ4v) is 2.76. The minimum atomic E-state index is -4.00. The second-order valence-corrected chi connectivity index (χ2v) is 6.13. The minimum Gasteiger partial charge on any atom is -0.328 e. The summed E-state index contributed by atoms with van der Waals surface area (Å²) in [5.74, 6) is -0.543. The van der Waals surface area contributed by atoms with Crippen molar-refractivity contribution in [3.8, 4) is 0 Å². The predicted octanol–water partition coefficient (Wildman–Crippen LogP) is 3.41. The molecule has 5 heteroatoms. The molecule has 2 unspecified atom stereocenters. The number of alkyl halides is 3. The summed E-state index contributed by atoms with van der Waals surface area (Å²) >= 11 is 0. The Kier molecular flexibility index (Phi) is 6.60. The molecule has 0 spiro atoms. The molecule has 1 aliphatic rings. The van der Waals surface area contributed by atoms with Crippen molar-refractivity contribution in [2.45, 2.75) is 58.2 Å². The molecule has 0 aromatic carbocycles. The Balaban J connectivity index is 2.18. The standard InChI is InChI=1S/C14H27F3N2/c1-11(4-3-5-12(2)18)10-19-8-6-13(7-9-19)14(15,16)17/h11-13H,3-10,18H2,1-2H3. The summed E-state index contributed by atoms with van der Waals surface area (Å²) in [7, 11) is 0. The first-order valence-electron chi connectivity index (χ1n) is 7.33. The molecule has 1 aliphatic heterocycles. The van der Waals surface area contributed by atoms with Gasteiger partial charge in [-0.2, -0.15) is 13.2 Å². The van der Waals surface area contributed by atoms with Crippen LogP contribution in [-0.2, 0) is 0 Å². The van der Waals surface area contributed by atoms with Gasteiger partial charge in [-0.05, 0) is 51.6 Å². The molecule has 1 fully saturated rings. The maximum Gasteiger partial charge on any atom is 0.391 e. The third-order valence-corrected chi connectivity index (χ3v) is 3.98. The Morgan fingerprint density at radius 2 is 1.74 bits per heavy atom. The van der Waals surface area contributed by atoms with Crippen molar-refractivity contribution in [3.63, 3.8) is 0 Å². The van der Waals surface area contributed by atoms with Gasteiger partial charge < -0.3 is 10.6 Å². The number of halogens is 3. The molecule has 0 aliphatic carbocycles. The molecule has 2 N–H and O–H groups in total. The van der Waals surface area contributed by atoms with Gasteiger partial charge in [0.05, 0.1) is 5.92 Å². The SMILES string of the molecule is CC(N)CCCC(C)CN1CCC(C(F)(F)F)CC1. The number of nitrogens with two attached hydrogens (primary N) is 1. The molecule has 1 heterocycles. The average molecular weight is 280 g/mol. The summed E-state index contributed by atoms with van der Waals surface area (Å²) in [6, 6.07) is 0.245. The van der Waals surface area contributed by atoms with Crippen LogP contribution in [0.5, 0.6) is 0 Å². The van der Waals surface area contributed by atoms with E-state index in [2.05, 4.69) is 11.8 Å². The van der Waals surface area contributed by atoms with Crippen molar-refractivity contribution in [1.82, 2.24) is 4.90 Å². The molecule has 0 bridgehead atoms. The van der Waals surface area contributed by atoms with Crippen LogP contribution in [0, 0.1) is 11.8 Å². The smallest absolute Gasteiger partial charge is 0.328 e. The van der Waals surface area contributed by atoms with Crippen LogP contribution < -0.4 is 5.73 Å². The topological polar surface area (TPSA) is 29.3 Å². The van der Waals surface area contributed by atoms with Gasteiger partial charge in [0.2, 0.25) is 0 Å². The van der Waals surface area contributed by atoms with Gasteiger partial charge in [-0.1, -0.05) is 13.3 Å². The van der Waals surface area contributed by atoms with Crippen LogP contribution >= 0.6 is 0 Å². The zero-order valence-electron chi connectivity index (χ0n) is 12.0. The Morgan fingerprint density at radius 1 is 1.16 bits per heavy atom. The third-order valence-electron chi connectivity index (χ3n) is 3.98. The van der Waals surface area contributed by atoms with Crippen LogP contribution in [0.25, 0.3) is 0 Å². The largest absolute Gasteiger partial charge is 0.391 e. The summed E-state index contributed by atoms with van der Waals surface area (Å²) < 4.78 is 37.6. The average Bonchev–Trinajstić information content (AvgIpc) is 2.27. The molecule has 0 amide bonds. The maximum atomic E-state index is 12.5. The number of hydrogen-bond acceptors (Lipinski definition) is 2. The Hall–Kier alpha value is -0.290. The van der Waals surface area contributed by atoms with Gasteiger partial charge in [0.15, 0.2) is 0 Å². The maximum absolute atomic E-state index is 12.5. The van der Waals surface area contributed by atoms with Crippen molar-refractivity contribution in [2.75, 3.05) is 19.6 Å². The van der Waals surface area contributed by atoms with E-state index in [1.54, 1.807) is 0 Å². The molecular formula is C14H27F3N2. The van der Waals surface area contributed by atoms with Crippen molar-refractivity contribution in [1.29, 1.82) is 0 Å². The van der Waals surface area contributed by atoms with Gasteiger partial charge >= 0.3 is 6.18 Å². The van der Waals surface area contributed by atoms with Gasteiger partial charge in [-0.3, -0.25) is 0 Å². The Labute approximate surface area is 114 Å². The molecule has 114 valence electrons. The van der Waals surface area contributed by atoms with Gasteiger partial charge in [0.1, 0.15) is 0 Å². The van der Waals surface area contributed by atoms with Crippen molar-refractivity contribution < 1.29 is 13.2 Å². The first kappa shape index (κ1) is 16.8. The van der Waals surface area contributed by atoms with Crippen LogP contribution in [0.15, 0.2) is 0 Å². The lowest BCUT2D eigenvalue weighted by molar-refractivity contribution is -0.185. The molecule has 1 rings (SSSR count). The number of rotatable bonds is 6. The minimum absolute atomic E-state index is 0.245. The molecule has 2 nitrogen and oxygen atoms in total. The Morgan fingerprint density at radius 3 is 2.21 bits per heavy atom. The quantitative estimate of drug-likeness (QED) is 0.808. The summed E-state index contributed by atoms with van der Waals surface area (Å²) in [6.45, 7) is 6.27. The van der Waals surface area contributed by atoms with Gasteiger partial charge in [-0.25, -0.2) is 0 Å². The van der Waals surface area contributed by atoms with Gasteiger partial charge in [-0.15, -0.1) is 0 Å². The zero-order valence-corrected chi connectivity index (χ0v) is 12.0. The lowest BCUT2D eigenvalue weighted by atomic mass is 9.94. The fourth-order valence-electron chi connectivity index (χ4n) is 2.76. The molecule has 0 saturated carbocycles. The van der Waals surface area contributed by atoms with E-state index in [1.165, 1.54) is 0 Å². The van der Waals surface area contributed by atoms with Crippen molar-refractivity contribution in [3.05, 3.63) is 0 Å². The van der Waals surface area contributed by atoms with Crippen LogP contribution in [0.4, 0.5) is 13.2 Å². The first-order chi connectivity index (χ1) is 8.79. The van der Waals surface area contributed by atoms with Crippen molar-refractivity contribution in [2.24, 2.45) is 17.6 Å². The van der Waals surface area contributed by atoms with E-state index in [0.717, 1.165) is 25.8 Å². The highest BCUT2D eigenvalue weighted by Crippen LogP contribution is 2.34. The third kappa shape index (κ3) is 6.61. The first-order valence-corrected chi connectivity index (χ1v) is 7.33. The van der Waals surface area contributed by atoms with E-state index < -0.39 is 12.1 Å². The predicted molar refractivity (Wildman–Crippen MR) is 71.9 cm³/mol. The van der Waals surface area contributed by atoms with Crippen LogP contribution in [-0.4, -0.2) is 36.8 Å². The lowest BCUT2D eigenvalue weighted by Gasteiger charge is -2.34. The normalized spacial score (nSPS) is 22.4. The highest BCUT2D eigenvalue weighted by molar-refractivity contribution is 4.78. The number of hydrogen-bond donors (Lipinski definition) is 1. The molecule has 0 aromatic heterocycles. The van der Waals surface area contributed by atoms with Crippen molar-refractivity contribution >= 4 is 0 Å². The van der Waals surface area contributed by atoms with Gasteiger partial charge in [0.25, 0.3) is 0 Å². The summed E-state index contributed by atoms with van der Waals surface area (Å²) in [5.41, 5.74) is 5.70. The fraction of sp³-hybridized carbons (Fsp3) is 1.00. The lowest BCUT2D eigenvalue weighted by Crippen LogP contribution is -2.40. The van der Waals surface area contributed by atoms with Gasteiger partial charge in [0, 0.05) is 12.6 Å². The Bertz CT molecular complexity index is 246. The molecule has 0 aromatic rings. The number of nitrogens with zero attached hydrogens (tertiary/aromatic N) is 1. The van der Waals surface area contributed by atoms with E-state index in [1.807, 2.05) is 6.92 Å². The van der Waals surface area contributed by atoms with E-state index in [9.17, 15) is 13.2 Å². The molecule has 1 saturated heterocycles. The van der Waals surface area contributed by atoms with E-state index >= 15 is 0 Å². The molecule has 19 heavy (non-hydrogen) atoms. The second kappa shape index (κ2) is 7.48. The molecule has 2 atom stereocenters. The summed E-state index contributed by atoms with van der Waals surface area (Å²) in [6.07, 6.45) is -0.236. The highest BCUT2D eigenvalue weighted by Gasteiger charge is 2.40. The molecule has 0 radical (unpaired) electrons. The summed E-state index contributed by atoms with van der Waals surface area (Å²) in [4.78, 5) is 2.18. The second-order valence-electron chi connectivity index (χ2n) is 6.13.